The van der Waals surface area contributed by atoms with Crippen LogP contribution in [-0.2, 0) is 13.6 Å². The summed E-state index contributed by atoms with van der Waals surface area (Å²) in [6.07, 6.45) is 0. The third-order valence-electron chi connectivity index (χ3n) is 0.329. The van der Waals surface area contributed by atoms with Crippen LogP contribution in [0.15, 0.2) is 0 Å². The average molecular weight is 199 g/mol. The number of thiocarbonyl (C=S) groups is 2. The molecule has 8 heteroatoms. The highest BCUT2D eigenvalue weighted by molar-refractivity contribution is 7.80. The van der Waals surface area contributed by atoms with E-state index in [2.05, 4.69) is 33.5 Å². The summed E-state index contributed by atoms with van der Waals surface area (Å²) in [6, 6.07) is 0. The molecule has 0 radical (unpaired) electrons. The summed E-state index contributed by atoms with van der Waals surface area (Å²) < 4.78 is 18.8. The molecule has 0 aliphatic heterocycles. The molecule has 0 aromatic carbocycles. The molecule has 4 N–H and O–H groups in total. The van der Waals surface area contributed by atoms with Crippen molar-refractivity contribution in [2.24, 2.45) is 11.5 Å². The molecular weight excluding hydrogens is 195 g/mol. The van der Waals surface area contributed by atoms with Gasteiger partial charge in [0.1, 0.15) is 0 Å². The first-order valence-corrected chi connectivity index (χ1v) is 3.85. The summed E-state index contributed by atoms with van der Waals surface area (Å²) in [6.45, 7) is 0. The van der Waals surface area contributed by atoms with E-state index in [0.29, 0.717) is 0 Å². The first kappa shape index (κ1) is 9.48. The van der Waals surface area contributed by atoms with Crippen LogP contribution in [0.5, 0.6) is 0 Å². The minimum Gasteiger partial charge on any atom is -0.356 e. The van der Waals surface area contributed by atoms with Crippen molar-refractivity contribution in [1.29, 1.82) is 0 Å². The third kappa shape index (κ3) is 5.61. The fourth-order valence-electron chi connectivity index (χ4n) is 0.166. The first-order valence-electron chi connectivity index (χ1n) is 1.94. The molecule has 0 bridgehead atoms. The van der Waals surface area contributed by atoms with Crippen LogP contribution >= 0.6 is 32.7 Å². The fraction of sp³-hybridized carbons (Fsp3) is 0. The zero-order chi connectivity index (χ0) is 8.15. The molecule has 56 valence electrons. The van der Waals surface area contributed by atoms with E-state index in [1.807, 2.05) is 0 Å². The standard InChI is InChI=1S/C2H3N2O3PS2/c3-1(9)6-8(5)7-2(4)10/h(H3-,3,4,9,10)/p+1. The van der Waals surface area contributed by atoms with Gasteiger partial charge in [0.05, 0.1) is 0 Å². The van der Waals surface area contributed by atoms with Crippen LogP contribution < -0.4 is 11.5 Å². The zero-order valence-corrected chi connectivity index (χ0v) is 7.17. The van der Waals surface area contributed by atoms with Gasteiger partial charge in [0.2, 0.25) is 0 Å². The molecule has 0 rings (SSSR count). The van der Waals surface area contributed by atoms with Gasteiger partial charge in [-0.2, -0.15) is 9.05 Å². The molecule has 0 atom stereocenters. The van der Waals surface area contributed by atoms with E-state index in [4.69, 9.17) is 11.5 Å². The Bertz CT molecular complexity index is 165. The van der Waals surface area contributed by atoms with Crippen LogP contribution in [0.4, 0.5) is 0 Å². The minimum absolute atomic E-state index is 0.377. The molecule has 0 fully saturated rings. The van der Waals surface area contributed by atoms with Gasteiger partial charge >= 0.3 is 18.6 Å². The Morgan fingerprint density at radius 2 is 1.50 bits per heavy atom. The van der Waals surface area contributed by atoms with Gasteiger partial charge in [-0.1, -0.05) is 0 Å². The molecule has 0 saturated carbocycles. The Kier molecular flexibility index (Phi) is 4.10. The van der Waals surface area contributed by atoms with E-state index in [9.17, 15) is 4.57 Å². The summed E-state index contributed by atoms with van der Waals surface area (Å²) in [4.78, 5) is 0. The molecule has 0 aromatic rings. The maximum absolute atomic E-state index is 10.4. The number of hydrogen-bond acceptors (Lipinski definition) is 5. The summed E-state index contributed by atoms with van der Waals surface area (Å²) in [7, 11) is -2.44. The van der Waals surface area contributed by atoms with Crippen molar-refractivity contribution >= 4 is 43.0 Å². The van der Waals surface area contributed by atoms with Crippen molar-refractivity contribution in [3.63, 3.8) is 0 Å². The molecule has 5 nitrogen and oxygen atoms in total. The molecule has 0 unspecified atom stereocenters. The Morgan fingerprint density at radius 1 is 1.20 bits per heavy atom. The van der Waals surface area contributed by atoms with E-state index in [-0.39, 0.29) is 10.3 Å². The Labute approximate surface area is 68.6 Å². The molecule has 10 heavy (non-hydrogen) atoms. The summed E-state index contributed by atoms with van der Waals surface area (Å²) in [5, 5.41) is -0.755. The number of rotatable bonds is 2. The quantitative estimate of drug-likeness (QED) is 0.484. The molecule has 0 saturated heterocycles. The van der Waals surface area contributed by atoms with E-state index in [1.54, 1.807) is 0 Å². The molecule has 0 aliphatic carbocycles. The zero-order valence-electron chi connectivity index (χ0n) is 4.64. The molecule has 0 amide bonds. The van der Waals surface area contributed by atoms with Crippen molar-refractivity contribution in [3.05, 3.63) is 0 Å². The van der Waals surface area contributed by atoms with Crippen LogP contribution in [0.1, 0.15) is 0 Å². The highest BCUT2D eigenvalue weighted by Gasteiger charge is 2.24. The lowest BCUT2D eigenvalue weighted by Crippen LogP contribution is -2.12. The lowest BCUT2D eigenvalue weighted by molar-refractivity contribution is 0.411. The second-order valence-corrected chi connectivity index (χ2v) is 2.66. The van der Waals surface area contributed by atoms with Crippen molar-refractivity contribution < 1.29 is 13.6 Å². The van der Waals surface area contributed by atoms with Gasteiger partial charge in [-0.3, -0.25) is 0 Å². The van der Waals surface area contributed by atoms with Gasteiger partial charge in [0.25, 0.3) is 0 Å². The Balaban J connectivity index is 3.65. The second kappa shape index (κ2) is 4.32. The molecule has 0 aromatic heterocycles. The summed E-state index contributed by atoms with van der Waals surface area (Å²) in [5.74, 6) is 0. The number of hydrogen-bond donors (Lipinski definition) is 2. The SMILES string of the molecule is NC(=S)O[P+](=O)OC(N)=S. The highest BCUT2D eigenvalue weighted by atomic mass is 32.1. The second-order valence-electron chi connectivity index (χ2n) is 1.04. The fourth-order valence-corrected chi connectivity index (χ4v) is 0.862. The van der Waals surface area contributed by atoms with E-state index in [0.717, 1.165) is 0 Å². The normalized spacial score (nSPS) is 8.00. The smallest absolute Gasteiger partial charge is 0.356 e. The Morgan fingerprint density at radius 3 is 1.70 bits per heavy atom. The average Bonchev–Trinajstić information content (AvgIpc) is 1.58. The predicted octanol–water partition coefficient (Wildman–Crippen LogP) is 0.164. The third-order valence-corrected chi connectivity index (χ3v) is 1.43. The Hall–Kier alpha value is -0.520. The van der Waals surface area contributed by atoms with Crippen LogP contribution in [0.25, 0.3) is 0 Å². The highest BCUT2D eigenvalue weighted by Crippen LogP contribution is 2.22. The summed E-state index contributed by atoms with van der Waals surface area (Å²) in [5.41, 5.74) is 9.66. The van der Waals surface area contributed by atoms with Crippen LogP contribution in [0.3, 0.4) is 0 Å². The maximum Gasteiger partial charge on any atom is 0.810 e. The van der Waals surface area contributed by atoms with Crippen molar-refractivity contribution in [2.75, 3.05) is 0 Å². The molecular formula is C2H4N2O3PS2+. The van der Waals surface area contributed by atoms with Gasteiger partial charge in [0.15, 0.2) is 0 Å². The number of nitrogens with two attached hydrogens (primary N) is 2. The topological polar surface area (TPSA) is 87.6 Å². The first-order chi connectivity index (χ1) is 4.52. The molecule has 0 spiro atoms. The predicted molar refractivity (Wildman–Crippen MR) is 43.3 cm³/mol. The van der Waals surface area contributed by atoms with E-state index >= 15 is 0 Å². The van der Waals surface area contributed by atoms with Gasteiger partial charge < -0.3 is 11.5 Å². The minimum atomic E-state index is -2.44. The van der Waals surface area contributed by atoms with Crippen LogP contribution in [0, 0.1) is 0 Å². The largest absolute Gasteiger partial charge is 0.810 e. The molecule has 0 aliphatic rings. The lowest BCUT2D eigenvalue weighted by atomic mass is 11.4. The van der Waals surface area contributed by atoms with E-state index in [1.165, 1.54) is 0 Å². The van der Waals surface area contributed by atoms with Crippen molar-refractivity contribution in [1.82, 2.24) is 0 Å². The lowest BCUT2D eigenvalue weighted by Gasteiger charge is -1.84. The molecule has 0 heterocycles. The van der Waals surface area contributed by atoms with Crippen LogP contribution in [-0.4, -0.2) is 10.3 Å². The summed E-state index contributed by atoms with van der Waals surface area (Å²) >= 11 is 8.46. The van der Waals surface area contributed by atoms with Crippen molar-refractivity contribution in [3.8, 4) is 0 Å². The monoisotopic (exact) mass is 199 g/mol. The maximum atomic E-state index is 10.4. The van der Waals surface area contributed by atoms with Gasteiger partial charge in [-0.05, 0) is 24.4 Å². The van der Waals surface area contributed by atoms with Gasteiger partial charge in [-0.15, -0.1) is 0 Å². The van der Waals surface area contributed by atoms with E-state index < -0.39 is 8.25 Å². The van der Waals surface area contributed by atoms with Gasteiger partial charge in [0, 0.05) is 4.57 Å². The van der Waals surface area contributed by atoms with Crippen molar-refractivity contribution in [2.45, 2.75) is 0 Å². The van der Waals surface area contributed by atoms with Gasteiger partial charge in [-0.25, -0.2) is 0 Å². The van der Waals surface area contributed by atoms with Crippen LogP contribution in [0.2, 0.25) is 0 Å².